The van der Waals surface area contributed by atoms with Crippen molar-refractivity contribution in [1.82, 2.24) is 4.72 Å². The van der Waals surface area contributed by atoms with E-state index in [2.05, 4.69) is 4.72 Å². The number of benzene rings is 2. The molecule has 0 spiro atoms. The number of halogens is 1. The molecule has 0 atom stereocenters. The second-order valence-electron chi connectivity index (χ2n) is 5.14. The molecule has 0 aliphatic rings. The zero-order valence-corrected chi connectivity index (χ0v) is 15.2. The number of ether oxygens (including phenoxy) is 2. The van der Waals surface area contributed by atoms with Crippen LogP contribution in [0.25, 0.3) is 0 Å². The third-order valence-electron chi connectivity index (χ3n) is 3.51. The van der Waals surface area contributed by atoms with Crippen LogP contribution in [0.5, 0.6) is 11.5 Å². The summed E-state index contributed by atoms with van der Waals surface area (Å²) in [4.78, 5) is 0.0435. The van der Waals surface area contributed by atoms with Crippen LogP contribution in [0.3, 0.4) is 0 Å². The van der Waals surface area contributed by atoms with Gasteiger partial charge in [-0.3, -0.25) is 0 Å². The fourth-order valence-electron chi connectivity index (χ4n) is 2.23. The quantitative estimate of drug-likeness (QED) is 0.725. The number of methoxy groups -OCH3 is 2. The molecular formula is C17H20ClNO4S. The lowest BCUT2D eigenvalue weighted by atomic mass is 10.1. The highest BCUT2D eigenvalue weighted by Crippen LogP contribution is 2.26. The zero-order valence-electron chi connectivity index (χ0n) is 13.6. The van der Waals surface area contributed by atoms with E-state index in [9.17, 15) is 8.42 Å². The van der Waals surface area contributed by atoms with Gasteiger partial charge >= 0.3 is 0 Å². The van der Waals surface area contributed by atoms with Crippen LogP contribution in [-0.2, 0) is 16.4 Å². The minimum absolute atomic E-state index is 0.0435. The maximum absolute atomic E-state index is 12.4. The van der Waals surface area contributed by atoms with Crippen LogP contribution in [0.4, 0.5) is 0 Å². The fourth-order valence-corrected chi connectivity index (χ4v) is 3.73. The lowest BCUT2D eigenvalue weighted by Gasteiger charge is -2.11. The number of aryl methyl sites for hydroxylation is 1. The van der Waals surface area contributed by atoms with Gasteiger partial charge in [0.15, 0.2) is 0 Å². The highest BCUT2D eigenvalue weighted by molar-refractivity contribution is 7.89. The van der Waals surface area contributed by atoms with Gasteiger partial charge in [-0.1, -0.05) is 23.7 Å². The molecule has 2 aromatic carbocycles. The molecule has 0 saturated heterocycles. The molecule has 0 heterocycles. The molecule has 0 bridgehead atoms. The maximum Gasteiger partial charge on any atom is 0.244 e. The van der Waals surface area contributed by atoms with Crippen LogP contribution in [0.1, 0.15) is 12.0 Å². The van der Waals surface area contributed by atoms with Gasteiger partial charge in [-0.05, 0) is 48.7 Å². The molecule has 0 aliphatic carbocycles. The van der Waals surface area contributed by atoms with E-state index in [4.69, 9.17) is 21.1 Å². The molecule has 0 amide bonds. The van der Waals surface area contributed by atoms with Gasteiger partial charge in [0.1, 0.15) is 16.4 Å². The summed E-state index contributed by atoms with van der Waals surface area (Å²) >= 11 is 5.89. The molecule has 5 nitrogen and oxygen atoms in total. The molecule has 2 aromatic rings. The normalized spacial score (nSPS) is 11.3. The van der Waals surface area contributed by atoms with Gasteiger partial charge in [0, 0.05) is 11.6 Å². The van der Waals surface area contributed by atoms with Gasteiger partial charge in [-0.2, -0.15) is 0 Å². The molecule has 0 unspecified atom stereocenters. The van der Waals surface area contributed by atoms with Crippen molar-refractivity contribution in [3.05, 3.63) is 53.1 Å². The first-order chi connectivity index (χ1) is 11.5. The molecule has 0 radical (unpaired) electrons. The number of hydrogen-bond donors (Lipinski definition) is 1. The first-order valence-electron chi connectivity index (χ1n) is 7.42. The summed E-state index contributed by atoms with van der Waals surface area (Å²) in [6, 6.07) is 12.2. The Labute approximate surface area is 147 Å². The third-order valence-corrected chi connectivity index (χ3v) is 5.23. The molecule has 0 saturated carbocycles. The van der Waals surface area contributed by atoms with Crippen molar-refractivity contribution < 1.29 is 17.9 Å². The monoisotopic (exact) mass is 369 g/mol. The van der Waals surface area contributed by atoms with E-state index in [1.54, 1.807) is 13.2 Å². The predicted molar refractivity (Wildman–Crippen MR) is 94.5 cm³/mol. The van der Waals surface area contributed by atoms with Crippen molar-refractivity contribution in [3.63, 3.8) is 0 Å². The third kappa shape index (κ3) is 4.87. The Morgan fingerprint density at radius 1 is 1.04 bits per heavy atom. The molecule has 1 N–H and O–H groups in total. The van der Waals surface area contributed by atoms with E-state index in [1.807, 2.05) is 24.3 Å². The smallest absolute Gasteiger partial charge is 0.244 e. The summed E-state index contributed by atoms with van der Waals surface area (Å²) in [5.74, 6) is 1.06. The van der Waals surface area contributed by atoms with E-state index >= 15 is 0 Å². The van der Waals surface area contributed by atoms with Gasteiger partial charge in [0.25, 0.3) is 0 Å². The van der Waals surface area contributed by atoms with Gasteiger partial charge in [-0.25, -0.2) is 13.1 Å². The molecule has 0 aromatic heterocycles. The molecule has 0 fully saturated rings. The zero-order chi connectivity index (χ0) is 17.6. The van der Waals surface area contributed by atoms with Crippen LogP contribution in [0, 0.1) is 0 Å². The highest BCUT2D eigenvalue weighted by atomic mass is 35.5. The Kier molecular flexibility index (Phi) is 6.48. The van der Waals surface area contributed by atoms with Gasteiger partial charge < -0.3 is 9.47 Å². The molecule has 7 heteroatoms. The molecule has 24 heavy (non-hydrogen) atoms. The Bertz CT molecular complexity index is 776. The van der Waals surface area contributed by atoms with E-state index in [0.29, 0.717) is 18.0 Å². The van der Waals surface area contributed by atoms with E-state index in [1.165, 1.54) is 19.2 Å². The fraction of sp³-hybridized carbons (Fsp3) is 0.294. The van der Waals surface area contributed by atoms with Gasteiger partial charge in [0.2, 0.25) is 10.0 Å². The van der Waals surface area contributed by atoms with Crippen molar-refractivity contribution in [3.8, 4) is 11.5 Å². The maximum atomic E-state index is 12.4. The molecule has 130 valence electrons. The number of hydrogen-bond acceptors (Lipinski definition) is 4. The van der Waals surface area contributed by atoms with E-state index in [0.717, 1.165) is 17.7 Å². The lowest BCUT2D eigenvalue weighted by Crippen LogP contribution is -2.25. The second-order valence-corrected chi connectivity index (χ2v) is 7.32. The van der Waals surface area contributed by atoms with Crippen molar-refractivity contribution in [2.45, 2.75) is 17.7 Å². The minimum Gasteiger partial charge on any atom is -0.497 e. The van der Waals surface area contributed by atoms with Crippen LogP contribution in [0.2, 0.25) is 5.02 Å². The SMILES string of the molecule is COc1ccc(CCCNS(=O)(=O)c2cc(Cl)ccc2OC)cc1. The van der Waals surface area contributed by atoms with Crippen molar-refractivity contribution in [1.29, 1.82) is 0 Å². The van der Waals surface area contributed by atoms with Crippen LogP contribution in [0.15, 0.2) is 47.4 Å². The van der Waals surface area contributed by atoms with Crippen molar-refractivity contribution >= 4 is 21.6 Å². The Balaban J connectivity index is 1.94. The van der Waals surface area contributed by atoms with Crippen LogP contribution < -0.4 is 14.2 Å². The predicted octanol–water partition coefficient (Wildman–Crippen LogP) is 3.27. The lowest BCUT2D eigenvalue weighted by molar-refractivity contribution is 0.402. The largest absolute Gasteiger partial charge is 0.497 e. The summed E-state index contributed by atoms with van der Waals surface area (Å²) in [5.41, 5.74) is 1.12. The Morgan fingerprint density at radius 2 is 1.75 bits per heavy atom. The summed E-state index contributed by atoms with van der Waals surface area (Å²) < 4.78 is 37.6. The average molecular weight is 370 g/mol. The minimum atomic E-state index is -3.67. The molecule has 0 aliphatic heterocycles. The standard InChI is InChI=1S/C17H20ClNO4S/c1-22-15-8-5-13(6-9-15)4-3-11-19-24(20,21)17-12-14(18)7-10-16(17)23-2/h5-10,12,19H,3-4,11H2,1-2H3. The van der Waals surface area contributed by atoms with E-state index < -0.39 is 10.0 Å². The molecule has 2 rings (SSSR count). The highest BCUT2D eigenvalue weighted by Gasteiger charge is 2.19. The molecular weight excluding hydrogens is 350 g/mol. The number of sulfonamides is 1. The Hall–Kier alpha value is -1.76. The van der Waals surface area contributed by atoms with Crippen molar-refractivity contribution in [2.75, 3.05) is 20.8 Å². The summed E-state index contributed by atoms with van der Waals surface area (Å²) in [6.07, 6.45) is 1.44. The summed E-state index contributed by atoms with van der Waals surface area (Å²) in [6.45, 7) is 0.323. The van der Waals surface area contributed by atoms with Crippen molar-refractivity contribution in [2.24, 2.45) is 0 Å². The number of rotatable bonds is 8. The van der Waals surface area contributed by atoms with Crippen LogP contribution >= 0.6 is 11.6 Å². The summed E-state index contributed by atoms with van der Waals surface area (Å²) in [7, 11) is -0.629. The first-order valence-corrected chi connectivity index (χ1v) is 9.28. The first kappa shape index (κ1) is 18.6. The van der Waals surface area contributed by atoms with Gasteiger partial charge in [0.05, 0.1) is 14.2 Å². The summed E-state index contributed by atoms with van der Waals surface area (Å²) in [5, 5.41) is 0.342. The number of nitrogens with one attached hydrogen (secondary N) is 1. The van der Waals surface area contributed by atoms with Crippen LogP contribution in [-0.4, -0.2) is 29.2 Å². The second kappa shape index (κ2) is 8.37. The topological polar surface area (TPSA) is 64.6 Å². The van der Waals surface area contributed by atoms with E-state index in [-0.39, 0.29) is 10.6 Å². The van der Waals surface area contributed by atoms with Gasteiger partial charge in [-0.15, -0.1) is 0 Å². The Morgan fingerprint density at radius 3 is 2.38 bits per heavy atom. The average Bonchev–Trinajstić information content (AvgIpc) is 2.59.